The van der Waals surface area contributed by atoms with E-state index in [-0.39, 0.29) is 35.0 Å². The molecule has 2 amide bonds. The van der Waals surface area contributed by atoms with Crippen molar-refractivity contribution in [2.45, 2.75) is 25.7 Å². The lowest BCUT2D eigenvalue weighted by atomic mass is 9.81. The highest BCUT2D eigenvalue weighted by molar-refractivity contribution is 6.22. The standard InChI is InChI=1S/C26H26N4O4/c31-25-20-9-3-4-10-21(20)26(32)29(25)18-12-13-23(24(16-18)30(33)34)28-15-14-27-22-11-5-7-17-6-1-2-8-19(17)22/h1-2,5-8,11-13,16,20-21,27-28H,3-4,9-10,14-15H2. The molecule has 5 rings (SSSR count). The summed E-state index contributed by atoms with van der Waals surface area (Å²) < 4.78 is 0. The van der Waals surface area contributed by atoms with Gasteiger partial charge in [-0.3, -0.25) is 19.7 Å². The van der Waals surface area contributed by atoms with Gasteiger partial charge in [-0.05, 0) is 36.4 Å². The quantitative estimate of drug-likeness (QED) is 0.225. The zero-order chi connectivity index (χ0) is 23.7. The summed E-state index contributed by atoms with van der Waals surface area (Å²) in [6.45, 7) is 1.01. The van der Waals surface area contributed by atoms with Crippen LogP contribution in [-0.4, -0.2) is 29.8 Å². The first-order valence-corrected chi connectivity index (χ1v) is 11.7. The van der Waals surface area contributed by atoms with Crippen molar-refractivity contribution in [3.8, 4) is 0 Å². The molecule has 174 valence electrons. The molecule has 0 bridgehead atoms. The molecular weight excluding hydrogens is 432 g/mol. The maximum absolute atomic E-state index is 12.9. The molecule has 1 aliphatic heterocycles. The number of benzene rings is 3. The Balaban J connectivity index is 1.29. The fourth-order valence-electron chi connectivity index (χ4n) is 5.15. The maximum Gasteiger partial charge on any atom is 0.294 e. The van der Waals surface area contributed by atoms with E-state index in [0.29, 0.717) is 31.6 Å². The van der Waals surface area contributed by atoms with Crippen LogP contribution in [0.3, 0.4) is 0 Å². The minimum atomic E-state index is -0.484. The molecule has 1 saturated carbocycles. The Bertz CT molecular complexity index is 1250. The van der Waals surface area contributed by atoms with Gasteiger partial charge in [-0.1, -0.05) is 49.2 Å². The van der Waals surface area contributed by atoms with Crippen molar-refractivity contribution in [2.75, 3.05) is 28.6 Å². The fraction of sp³-hybridized carbons (Fsp3) is 0.308. The molecule has 3 aromatic rings. The van der Waals surface area contributed by atoms with Crippen molar-refractivity contribution >= 4 is 45.3 Å². The van der Waals surface area contributed by atoms with Crippen LogP contribution >= 0.6 is 0 Å². The second-order valence-corrected chi connectivity index (χ2v) is 8.85. The van der Waals surface area contributed by atoms with E-state index in [1.54, 1.807) is 12.1 Å². The summed E-state index contributed by atoms with van der Waals surface area (Å²) in [5.74, 6) is -1.05. The van der Waals surface area contributed by atoms with Gasteiger partial charge in [-0.2, -0.15) is 0 Å². The van der Waals surface area contributed by atoms with Crippen LogP contribution in [0.2, 0.25) is 0 Å². The van der Waals surface area contributed by atoms with E-state index in [4.69, 9.17) is 0 Å². The Morgan fingerprint density at radius 1 is 0.853 bits per heavy atom. The van der Waals surface area contributed by atoms with E-state index in [0.717, 1.165) is 34.2 Å². The number of imide groups is 1. The Kier molecular flexibility index (Phi) is 5.88. The minimum absolute atomic E-state index is 0.155. The van der Waals surface area contributed by atoms with E-state index >= 15 is 0 Å². The van der Waals surface area contributed by atoms with Crippen LogP contribution in [0, 0.1) is 22.0 Å². The largest absolute Gasteiger partial charge is 0.383 e. The summed E-state index contributed by atoms with van der Waals surface area (Å²) in [5, 5.41) is 20.5. The number of hydrogen-bond acceptors (Lipinski definition) is 6. The van der Waals surface area contributed by atoms with E-state index in [1.165, 1.54) is 6.07 Å². The molecule has 0 spiro atoms. The summed E-state index contributed by atoms with van der Waals surface area (Å²) >= 11 is 0. The Morgan fingerprint density at radius 3 is 2.21 bits per heavy atom. The number of anilines is 3. The topological polar surface area (TPSA) is 105 Å². The number of nitro groups is 1. The normalized spacial score (nSPS) is 19.8. The van der Waals surface area contributed by atoms with E-state index in [9.17, 15) is 19.7 Å². The Morgan fingerprint density at radius 2 is 1.50 bits per heavy atom. The molecule has 1 heterocycles. The van der Waals surface area contributed by atoms with Gasteiger partial charge in [0.15, 0.2) is 0 Å². The molecule has 3 aromatic carbocycles. The molecule has 8 nitrogen and oxygen atoms in total. The lowest BCUT2D eigenvalue weighted by molar-refractivity contribution is -0.383. The summed E-state index contributed by atoms with van der Waals surface area (Å²) in [6.07, 6.45) is 3.28. The van der Waals surface area contributed by atoms with E-state index in [2.05, 4.69) is 22.8 Å². The molecular formula is C26H26N4O4. The third-order valence-corrected chi connectivity index (χ3v) is 6.82. The van der Waals surface area contributed by atoms with Crippen molar-refractivity contribution in [3.63, 3.8) is 0 Å². The van der Waals surface area contributed by atoms with Gasteiger partial charge in [0.25, 0.3) is 5.69 Å². The van der Waals surface area contributed by atoms with Crippen LogP contribution < -0.4 is 15.5 Å². The second-order valence-electron chi connectivity index (χ2n) is 8.85. The predicted molar refractivity (Wildman–Crippen MR) is 132 cm³/mol. The van der Waals surface area contributed by atoms with Gasteiger partial charge in [-0.15, -0.1) is 0 Å². The number of nitrogens with zero attached hydrogens (tertiary/aromatic N) is 2. The molecule has 1 aliphatic carbocycles. The van der Waals surface area contributed by atoms with Crippen LogP contribution in [-0.2, 0) is 9.59 Å². The number of carbonyl (C=O) groups excluding carboxylic acids is 2. The number of fused-ring (bicyclic) bond motifs is 2. The van der Waals surface area contributed by atoms with Crippen LogP contribution in [0.5, 0.6) is 0 Å². The van der Waals surface area contributed by atoms with Crippen LogP contribution in [0.25, 0.3) is 10.8 Å². The molecule has 0 aromatic heterocycles. The lowest BCUT2D eigenvalue weighted by Gasteiger charge is -2.19. The van der Waals surface area contributed by atoms with Crippen LogP contribution in [0.4, 0.5) is 22.7 Å². The number of rotatable bonds is 7. The highest BCUT2D eigenvalue weighted by Gasteiger charge is 2.49. The summed E-state index contributed by atoms with van der Waals surface area (Å²) in [7, 11) is 0. The van der Waals surface area contributed by atoms with Gasteiger partial charge >= 0.3 is 0 Å². The Hall–Kier alpha value is -3.94. The molecule has 0 radical (unpaired) electrons. The van der Waals surface area contributed by atoms with E-state index < -0.39 is 4.92 Å². The number of carbonyl (C=O) groups is 2. The molecule has 34 heavy (non-hydrogen) atoms. The van der Waals surface area contributed by atoms with Gasteiger partial charge in [-0.25, -0.2) is 4.90 Å². The highest BCUT2D eigenvalue weighted by atomic mass is 16.6. The molecule has 2 atom stereocenters. The number of amides is 2. The fourth-order valence-corrected chi connectivity index (χ4v) is 5.15. The monoisotopic (exact) mass is 458 g/mol. The van der Waals surface area contributed by atoms with Gasteiger partial charge in [0, 0.05) is 30.2 Å². The first-order valence-electron chi connectivity index (χ1n) is 11.7. The Labute approximate surface area is 197 Å². The number of nitro benzene ring substituents is 1. The maximum atomic E-state index is 12.9. The third kappa shape index (κ3) is 3.96. The summed E-state index contributed by atoms with van der Waals surface area (Å²) in [5.41, 5.74) is 1.47. The first-order chi connectivity index (χ1) is 16.5. The highest BCUT2D eigenvalue weighted by Crippen LogP contribution is 2.41. The zero-order valence-corrected chi connectivity index (χ0v) is 18.7. The van der Waals surface area contributed by atoms with Crippen LogP contribution in [0.15, 0.2) is 60.7 Å². The molecule has 1 saturated heterocycles. The van der Waals surface area contributed by atoms with Crippen molar-refractivity contribution in [3.05, 3.63) is 70.8 Å². The number of nitrogens with one attached hydrogen (secondary N) is 2. The summed E-state index contributed by atoms with van der Waals surface area (Å²) in [4.78, 5) is 38.2. The third-order valence-electron chi connectivity index (χ3n) is 6.82. The lowest BCUT2D eigenvalue weighted by Crippen LogP contribution is -2.30. The molecule has 8 heteroatoms. The van der Waals surface area contributed by atoms with Crippen molar-refractivity contribution < 1.29 is 14.5 Å². The minimum Gasteiger partial charge on any atom is -0.383 e. The zero-order valence-electron chi connectivity index (χ0n) is 18.7. The molecule has 2 N–H and O–H groups in total. The van der Waals surface area contributed by atoms with Gasteiger partial charge in [0.1, 0.15) is 5.69 Å². The van der Waals surface area contributed by atoms with Crippen molar-refractivity contribution in [1.82, 2.24) is 0 Å². The average Bonchev–Trinajstić information content (AvgIpc) is 3.12. The SMILES string of the molecule is O=C1C2CCCCC2C(=O)N1c1ccc(NCCNc2cccc3ccccc23)c([N+](=O)[O-])c1. The van der Waals surface area contributed by atoms with E-state index in [1.807, 2.05) is 30.3 Å². The first kappa shape index (κ1) is 21.9. The predicted octanol–water partition coefficient (Wildman–Crippen LogP) is 4.95. The molecule has 2 unspecified atom stereocenters. The average molecular weight is 459 g/mol. The number of hydrogen-bond donors (Lipinski definition) is 2. The summed E-state index contributed by atoms with van der Waals surface area (Å²) in [6, 6.07) is 18.6. The van der Waals surface area contributed by atoms with Crippen molar-refractivity contribution in [1.29, 1.82) is 0 Å². The van der Waals surface area contributed by atoms with Gasteiger partial charge in [0.05, 0.1) is 22.4 Å². The molecule has 2 fully saturated rings. The van der Waals surface area contributed by atoms with Crippen molar-refractivity contribution in [2.24, 2.45) is 11.8 Å². The smallest absolute Gasteiger partial charge is 0.294 e. The molecule has 2 aliphatic rings. The van der Waals surface area contributed by atoms with Gasteiger partial charge < -0.3 is 10.6 Å². The van der Waals surface area contributed by atoms with Crippen LogP contribution in [0.1, 0.15) is 25.7 Å². The second kappa shape index (κ2) is 9.13. The van der Waals surface area contributed by atoms with Gasteiger partial charge in [0.2, 0.25) is 11.8 Å².